The summed E-state index contributed by atoms with van der Waals surface area (Å²) < 4.78 is 5.79. The molecule has 0 unspecified atom stereocenters. The number of nitrogens with zero attached hydrogens (tertiary/aromatic N) is 1. The summed E-state index contributed by atoms with van der Waals surface area (Å²) in [6.07, 6.45) is 2.25. The van der Waals surface area contributed by atoms with Gasteiger partial charge in [-0.15, -0.1) is 11.3 Å². The molecule has 0 aliphatic carbocycles. The average molecular weight is 372 g/mol. The van der Waals surface area contributed by atoms with Crippen molar-refractivity contribution in [1.82, 2.24) is 5.32 Å². The molecule has 2 aromatic rings. The van der Waals surface area contributed by atoms with Crippen LogP contribution in [-0.4, -0.2) is 31.5 Å². The summed E-state index contributed by atoms with van der Waals surface area (Å²) in [4.78, 5) is 29.0. The van der Waals surface area contributed by atoms with E-state index in [1.807, 2.05) is 24.3 Å². The second-order valence-electron chi connectivity index (χ2n) is 6.27. The van der Waals surface area contributed by atoms with E-state index in [1.165, 1.54) is 10.4 Å². The summed E-state index contributed by atoms with van der Waals surface area (Å²) in [7, 11) is 1.57. The molecule has 1 aliphatic rings. The van der Waals surface area contributed by atoms with Crippen molar-refractivity contribution in [3.05, 3.63) is 45.6 Å². The number of thiophene rings is 1. The van der Waals surface area contributed by atoms with Crippen LogP contribution in [-0.2, 0) is 17.6 Å². The highest BCUT2D eigenvalue weighted by Gasteiger charge is 2.34. The van der Waals surface area contributed by atoms with Gasteiger partial charge in [0.15, 0.2) is 6.10 Å². The number of aryl methyl sites for hydroxylation is 2. The number of hydrogen-bond donors (Lipinski definition) is 1. The molecule has 0 bridgehead atoms. The number of benzene rings is 1. The maximum atomic E-state index is 13.3. The minimum Gasteiger partial charge on any atom is -0.477 e. The Morgan fingerprint density at radius 1 is 1.31 bits per heavy atom. The minimum atomic E-state index is -0.709. The fourth-order valence-corrected chi connectivity index (χ4v) is 4.47. The topological polar surface area (TPSA) is 58.6 Å². The van der Waals surface area contributed by atoms with Gasteiger partial charge in [-0.25, -0.2) is 0 Å². The van der Waals surface area contributed by atoms with E-state index < -0.39 is 6.10 Å². The highest BCUT2D eigenvalue weighted by atomic mass is 32.1. The van der Waals surface area contributed by atoms with Crippen LogP contribution in [0.5, 0.6) is 5.75 Å². The van der Waals surface area contributed by atoms with Crippen LogP contribution in [0.25, 0.3) is 0 Å². The van der Waals surface area contributed by atoms with Crippen molar-refractivity contribution in [2.45, 2.75) is 39.2 Å². The molecule has 0 saturated carbocycles. The smallest absolute Gasteiger partial charge is 0.268 e. The first-order chi connectivity index (χ1) is 12.6. The predicted molar refractivity (Wildman–Crippen MR) is 104 cm³/mol. The lowest BCUT2D eigenvalue weighted by Gasteiger charge is -2.33. The van der Waals surface area contributed by atoms with Gasteiger partial charge in [-0.05, 0) is 36.6 Å². The monoisotopic (exact) mass is 372 g/mol. The number of para-hydroxylation sites is 2. The Morgan fingerprint density at radius 2 is 2.08 bits per heavy atom. The second kappa shape index (κ2) is 7.91. The molecule has 26 heavy (non-hydrogen) atoms. The molecule has 1 aliphatic heterocycles. The Balaban J connectivity index is 1.96. The Hall–Kier alpha value is -2.34. The predicted octanol–water partition coefficient (Wildman–Crippen LogP) is 3.42. The maximum absolute atomic E-state index is 13.3. The normalized spacial score (nSPS) is 16.0. The SMILES string of the molecule is CCCc1sc(C(=O)N2C[C@@H](C(=O)NC)Oc3ccccc32)cc1CC. The van der Waals surface area contributed by atoms with Gasteiger partial charge in [0.05, 0.1) is 17.1 Å². The quantitative estimate of drug-likeness (QED) is 0.875. The molecule has 1 N–H and O–H groups in total. The number of carbonyl (C=O) groups is 2. The molecule has 0 fully saturated rings. The zero-order valence-electron chi connectivity index (χ0n) is 15.4. The van der Waals surface area contributed by atoms with Crippen LogP contribution >= 0.6 is 11.3 Å². The lowest BCUT2D eigenvalue weighted by Crippen LogP contribution is -2.50. The van der Waals surface area contributed by atoms with Gasteiger partial charge in [-0.3, -0.25) is 14.5 Å². The Morgan fingerprint density at radius 3 is 2.77 bits per heavy atom. The van der Waals surface area contributed by atoms with E-state index in [-0.39, 0.29) is 18.4 Å². The van der Waals surface area contributed by atoms with Crippen LogP contribution < -0.4 is 15.0 Å². The number of carbonyl (C=O) groups excluding carboxylic acids is 2. The van der Waals surface area contributed by atoms with E-state index in [2.05, 4.69) is 19.2 Å². The highest BCUT2D eigenvalue weighted by Crippen LogP contribution is 2.35. The van der Waals surface area contributed by atoms with E-state index >= 15 is 0 Å². The van der Waals surface area contributed by atoms with E-state index in [9.17, 15) is 9.59 Å². The van der Waals surface area contributed by atoms with E-state index in [1.54, 1.807) is 29.4 Å². The molecular weight excluding hydrogens is 348 g/mol. The minimum absolute atomic E-state index is 0.0725. The first-order valence-corrected chi connectivity index (χ1v) is 9.81. The van der Waals surface area contributed by atoms with Gasteiger partial charge < -0.3 is 10.1 Å². The van der Waals surface area contributed by atoms with Crippen molar-refractivity contribution in [3.8, 4) is 5.75 Å². The van der Waals surface area contributed by atoms with E-state index in [4.69, 9.17) is 4.74 Å². The van der Waals surface area contributed by atoms with Crippen LogP contribution in [0.4, 0.5) is 5.69 Å². The number of amides is 2. The van der Waals surface area contributed by atoms with Crippen LogP contribution in [0.2, 0.25) is 0 Å². The van der Waals surface area contributed by atoms with E-state index in [0.717, 1.165) is 24.1 Å². The molecule has 0 spiro atoms. The molecule has 3 rings (SSSR count). The van der Waals surface area contributed by atoms with Crippen LogP contribution in [0.15, 0.2) is 30.3 Å². The number of anilines is 1. The fraction of sp³-hybridized carbons (Fsp3) is 0.400. The van der Waals surface area contributed by atoms with E-state index in [0.29, 0.717) is 11.4 Å². The summed E-state index contributed by atoms with van der Waals surface area (Å²) >= 11 is 1.57. The summed E-state index contributed by atoms with van der Waals surface area (Å²) in [6, 6.07) is 9.36. The van der Waals surface area contributed by atoms with Gasteiger partial charge >= 0.3 is 0 Å². The average Bonchev–Trinajstić information content (AvgIpc) is 3.09. The lowest BCUT2D eigenvalue weighted by atomic mass is 10.1. The second-order valence-corrected chi connectivity index (χ2v) is 7.40. The molecule has 0 saturated heterocycles. The number of likely N-dealkylation sites (N-methyl/N-ethyl adjacent to an activating group) is 1. The molecule has 5 nitrogen and oxygen atoms in total. The van der Waals surface area contributed by atoms with Crippen molar-refractivity contribution in [2.75, 3.05) is 18.5 Å². The summed E-state index contributed by atoms with van der Waals surface area (Å²) in [5.41, 5.74) is 1.95. The molecule has 6 heteroatoms. The summed E-state index contributed by atoms with van der Waals surface area (Å²) in [6.45, 7) is 4.46. The van der Waals surface area contributed by atoms with Crippen LogP contribution in [0, 0.1) is 0 Å². The third-order valence-corrected chi connectivity index (χ3v) is 5.75. The number of ether oxygens (including phenoxy) is 1. The number of hydrogen-bond acceptors (Lipinski definition) is 4. The van der Waals surface area contributed by atoms with Crippen molar-refractivity contribution in [1.29, 1.82) is 0 Å². The first-order valence-electron chi connectivity index (χ1n) is 8.99. The Kier molecular flexibility index (Phi) is 5.61. The van der Waals surface area contributed by atoms with Gasteiger partial charge in [0.2, 0.25) is 0 Å². The highest BCUT2D eigenvalue weighted by molar-refractivity contribution is 7.14. The number of nitrogens with one attached hydrogen (secondary N) is 1. The third kappa shape index (κ3) is 3.46. The van der Waals surface area contributed by atoms with Crippen molar-refractivity contribution in [2.24, 2.45) is 0 Å². The molecule has 2 amide bonds. The standard InChI is InChI=1S/C20H24N2O3S/c1-4-8-17-13(5-2)11-18(26-17)20(24)22-12-16(19(23)21-3)25-15-10-7-6-9-14(15)22/h6-7,9-11,16H,4-5,8,12H2,1-3H3,(H,21,23)/t16-/m0/s1. The van der Waals surface area contributed by atoms with Gasteiger partial charge in [-0.2, -0.15) is 0 Å². The zero-order chi connectivity index (χ0) is 18.7. The molecular formula is C20H24N2O3S. The maximum Gasteiger partial charge on any atom is 0.268 e. The van der Waals surface area contributed by atoms with Crippen LogP contribution in [0.1, 0.15) is 40.4 Å². The molecule has 1 aromatic carbocycles. The zero-order valence-corrected chi connectivity index (χ0v) is 16.2. The fourth-order valence-electron chi connectivity index (χ4n) is 3.17. The summed E-state index contributed by atoms with van der Waals surface area (Å²) in [5.74, 6) is 0.253. The van der Waals surface area contributed by atoms with Crippen molar-refractivity contribution < 1.29 is 14.3 Å². The van der Waals surface area contributed by atoms with Crippen molar-refractivity contribution >= 4 is 28.8 Å². The molecule has 0 radical (unpaired) electrons. The number of rotatable bonds is 5. The summed E-state index contributed by atoms with van der Waals surface area (Å²) in [5, 5.41) is 2.60. The molecule has 2 heterocycles. The van der Waals surface area contributed by atoms with Gasteiger partial charge in [0.25, 0.3) is 11.8 Å². The third-order valence-electron chi connectivity index (χ3n) is 4.52. The first kappa shape index (κ1) is 18.5. The molecule has 1 atom stereocenters. The molecule has 1 aromatic heterocycles. The largest absolute Gasteiger partial charge is 0.477 e. The van der Waals surface area contributed by atoms with Gasteiger partial charge in [-0.1, -0.05) is 32.4 Å². The Bertz CT molecular complexity index is 815. The van der Waals surface area contributed by atoms with Crippen molar-refractivity contribution in [3.63, 3.8) is 0 Å². The Labute approximate surface area is 158 Å². The van der Waals surface area contributed by atoms with Crippen LogP contribution in [0.3, 0.4) is 0 Å². The lowest BCUT2D eigenvalue weighted by molar-refractivity contribution is -0.127. The van der Waals surface area contributed by atoms with Gasteiger partial charge in [0.1, 0.15) is 5.75 Å². The number of fused-ring (bicyclic) bond motifs is 1. The molecule has 138 valence electrons. The van der Waals surface area contributed by atoms with Gasteiger partial charge in [0, 0.05) is 11.9 Å².